The summed E-state index contributed by atoms with van der Waals surface area (Å²) in [5, 5.41) is 13.1. The summed E-state index contributed by atoms with van der Waals surface area (Å²) in [5.41, 5.74) is 6.38. The molecule has 1 N–H and O–H groups in total. The fourth-order valence-corrected chi connectivity index (χ4v) is 7.36. The van der Waals surface area contributed by atoms with Crippen molar-refractivity contribution in [2.75, 3.05) is 13.3 Å². The van der Waals surface area contributed by atoms with Gasteiger partial charge < -0.3 is 5.11 Å². The van der Waals surface area contributed by atoms with Gasteiger partial charge in [-0.15, -0.1) is 7.92 Å². The minimum absolute atomic E-state index is 0.00206. The van der Waals surface area contributed by atoms with Crippen molar-refractivity contribution in [1.29, 1.82) is 0 Å². The molecule has 0 heterocycles. The maximum Gasteiger partial charge on any atom is 0.123 e. The average Bonchev–Trinajstić information content (AvgIpc) is 2.66. The van der Waals surface area contributed by atoms with Crippen molar-refractivity contribution in [2.45, 2.75) is 97.3 Å². The Kier molecular flexibility index (Phi) is 8.68. The molecule has 0 amide bonds. The van der Waals surface area contributed by atoms with E-state index in [9.17, 15) is 5.11 Å². The number of benzene rings is 2. The van der Waals surface area contributed by atoms with Gasteiger partial charge in [0.1, 0.15) is 5.75 Å². The Bertz CT molecular complexity index is 925. The number of rotatable bonds is 7. The molecule has 1 unspecified atom stereocenters. The molecule has 2 aromatic rings. The Morgan fingerprint density at radius 2 is 1.44 bits per heavy atom. The van der Waals surface area contributed by atoms with Gasteiger partial charge in [0.05, 0.1) is 0 Å². The van der Waals surface area contributed by atoms with Gasteiger partial charge in [-0.3, -0.25) is 0 Å². The lowest BCUT2D eigenvalue weighted by Gasteiger charge is -2.38. The van der Waals surface area contributed by atoms with Crippen LogP contribution >= 0.6 is 16.5 Å². The third-order valence-electron chi connectivity index (χ3n) is 6.72. The molecule has 0 saturated heterocycles. The molecule has 32 heavy (non-hydrogen) atoms. The molecule has 0 radical (unpaired) electrons. The summed E-state index contributed by atoms with van der Waals surface area (Å²) >= 11 is 0. The normalized spacial score (nSPS) is 13.5. The van der Waals surface area contributed by atoms with Crippen LogP contribution in [0.4, 0.5) is 0 Å². The highest BCUT2D eigenvalue weighted by Crippen LogP contribution is 2.53. The van der Waals surface area contributed by atoms with E-state index in [-0.39, 0.29) is 23.9 Å². The summed E-state index contributed by atoms with van der Waals surface area (Å²) in [6.07, 6.45) is 3.21. The predicted molar refractivity (Wildman–Crippen MR) is 149 cm³/mol. The fraction of sp³-hybridized carbons (Fsp3) is 0.586. The number of hydrogen-bond acceptors (Lipinski definition) is 1. The van der Waals surface area contributed by atoms with E-state index < -0.39 is 0 Å². The number of aryl methyl sites for hydroxylation is 1. The largest absolute Gasteiger partial charge is 0.507 e. The molecule has 1 atom stereocenters. The van der Waals surface area contributed by atoms with Gasteiger partial charge in [-0.1, -0.05) is 94.3 Å². The zero-order chi connectivity index (χ0) is 24.5. The molecule has 1 nitrogen and oxygen atoms in total. The minimum Gasteiger partial charge on any atom is -0.507 e. The van der Waals surface area contributed by atoms with Gasteiger partial charge in [-0.2, -0.15) is 0 Å². The summed E-state index contributed by atoms with van der Waals surface area (Å²) in [4.78, 5) is 0. The number of phenolic OH excluding ortho intramolecular Hbond substituents is 1. The second kappa shape index (κ2) is 10.2. The average molecular weight is 473 g/mol. The lowest BCUT2D eigenvalue weighted by Crippen LogP contribution is -2.27. The quantitative estimate of drug-likeness (QED) is 0.400. The first-order valence-corrected chi connectivity index (χ1v) is 15.5. The lowest BCUT2D eigenvalue weighted by molar-refractivity contribution is 0.422. The summed E-state index contributed by atoms with van der Waals surface area (Å²) in [6, 6.07) is 11.4. The third kappa shape index (κ3) is 5.96. The minimum atomic E-state index is -0.107. The molecular formula is C29H46OP2. The summed E-state index contributed by atoms with van der Waals surface area (Å²) < 4.78 is 0. The SMILES string of the molecule is CCC(CC)(Pc1c(C)cccc1CP(C)C)c1cc(C(C)(C)C)cc(C(C)(C)C)c1O. The third-order valence-corrected chi connectivity index (χ3v) is 10.1. The second-order valence-electron chi connectivity index (χ2n) is 11.7. The van der Waals surface area contributed by atoms with Crippen LogP contribution in [0.5, 0.6) is 5.75 Å². The van der Waals surface area contributed by atoms with Gasteiger partial charge in [-0.25, -0.2) is 0 Å². The van der Waals surface area contributed by atoms with E-state index in [4.69, 9.17) is 0 Å². The van der Waals surface area contributed by atoms with Crippen molar-refractivity contribution >= 4 is 21.8 Å². The molecule has 178 valence electrons. The van der Waals surface area contributed by atoms with Crippen LogP contribution in [-0.2, 0) is 22.1 Å². The number of aromatic hydroxyl groups is 1. The molecular weight excluding hydrogens is 426 g/mol. The highest BCUT2D eigenvalue weighted by molar-refractivity contribution is 7.55. The van der Waals surface area contributed by atoms with Gasteiger partial charge in [0.25, 0.3) is 0 Å². The molecule has 0 bridgehead atoms. The van der Waals surface area contributed by atoms with Crippen LogP contribution in [0.15, 0.2) is 30.3 Å². The van der Waals surface area contributed by atoms with Crippen molar-refractivity contribution in [2.24, 2.45) is 0 Å². The molecule has 2 aromatic carbocycles. The van der Waals surface area contributed by atoms with E-state index in [1.54, 1.807) is 0 Å². The van der Waals surface area contributed by atoms with Gasteiger partial charge in [0, 0.05) is 10.7 Å². The molecule has 0 aromatic heterocycles. The Morgan fingerprint density at radius 1 is 0.875 bits per heavy atom. The van der Waals surface area contributed by atoms with E-state index >= 15 is 0 Å². The number of phenols is 1. The monoisotopic (exact) mass is 472 g/mol. The summed E-state index contributed by atoms with van der Waals surface area (Å²) in [7, 11) is 0.645. The topological polar surface area (TPSA) is 20.2 Å². The van der Waals surface area contributed by atoms with Gasteiger partial charge in [0.15, 0.2) is 0 Å². The Labute approximate surface area is 201 Å². The van der Waals surface area contributed by atoms with Crippen molar-refractivity contribution in [3.8, 4) is 5.75 Å². The van der Waals surface area contributed by atoms with E-state index in [0.29, 0.717) is 14.3 Å². The van der Waals surface area contributed by atoms with Gasteiger partial charge in [-0.05, 0) is 77.6 Å². The Balaban J connectivity index is 2.80. The smallest absolute Gasteiger partial charge is 0.123 e. The molecule has 0 aliphatic carbocycles. The summed E-state index contributed by atoms with van der Waals surface area (Å²) in [6.45, 7) is 25.1. The van der Waals surface area contributed by atoms with Crippen LogP contribution in [-0.4, -0.2) is 18.4 Å². The van der Waals surface area contributed by atoms with Crippen molar-refractivity contribution in [3.63, 3.8) is 0 Å². The first kappa shape index (κ1) is 27.3. The zero-order valence-electron chi connectivity index (χ0n) is 22.4. The molecule has 0 saturated carbocycles. The fourth-order valence-electron chi connectivity index (χ4n) is 4.50. The number of hydrogen-bond donors (Lipinski definition) is 1. The van der Waals surface area contributed by atoms with Crippen LogP contribution < -0.4 is 5.30 Å². The van der Waals surface area contributed by atoms with Crippen molar-refractivity contribution in [3.05, 3.63) is 58.1 Å². The van der Waals surface area contributed by atoms with Gasteiger partial charge in [0.2, 0.25) is 0 Å². The van der Waals surface area contributed by atoms with E-state index in [2.05, 4.69) is 106 Å². The molecule has 0 aliphatic heterocycles. The Morgan fingerprint density at radius 3 is 1.91 bits per heavy atom. The molecule has 0 spiro atoms. The highest BCUT2D eigenvalue weighted by Gasteiger charge is 2.36. The zero-order valence-corrected chi connectivity index (χ0v) is 24.3. The van der Waals surface area contributed by atoms with Crippen LogP contribution in [0.2, 0.25) is 0 Å². The molecule has 0 aliphatic rings. The summed E-state index contributed by atoms with van der Waals surface area (Å²) in [5.74, 6) is 0.519. The van der Waals surface area contributed by atoms with Crippen LogP contribution in [0.3, 0.4) is 0 Å². The lowest BCUT2D eigenvalue weighted by atomic mass is 9.76. The van der Waals surface area contributed by atoms with Crippen molar-refractivity contribution < 1.29 is 5.11 Å². The molecule has 0 fully saturated rings. The second-order valence-corrected chi connectivity index (χ2v) is 15.9. The van der Waals surface area contributed by atoms with E-state index in [0.717, 1.165) is 24.0 Å². The predicted octanol–water partition coefficient (Wildman–Crippen LogP) is 8.56. The highest BCUT2D eigenvalue weighted by atomic mass is 31.1. The van der Waals surface area contributed by atoms with E-state index in [1.165, 1.54) is 28.2 Å². The maximum atomic E-state index is 11.7. The van der Waals surface area contributed by atoms with E-state index in [1.807, 2.05) is 0 Å². The van der Waals surface area contributed by atoms with Gasteiger partial charge >= 0.3 is 0 Å². The van der Waals surface area contributed by atoms with Crippen LogP contribution in [0.1, 0.15) is 96.0 Å². The molecule has 3 heteroatoms. The van der Waals surface area contributed by atoms with Crippen LogP contribution in [0, 0.1) is 6.92 Å². The first-order valence-electron chi connectivity index (χ1n) is 12.1. The standard InChI is InChI=1S/C29H46OP2/c1-12-29(13-2,31-26-20(3)15-14-16-21(26)19-32(10)11)24-18-22(27(4,5)6)17-23(25(24)30)28(7,8)9/h14-18,30-31H,12-13,19H2,1-11H3. The molecule has 2 rings (SSSR count). The van der Waals surface area contributed by atoms with Crippen molar-refractivity contribution in [1.82, 2.24) is 0 Å². The first-order chi connectivity index (χ1) is 14.7. The maximum absolute atomic E-state index is 11.7. The van der Waals surface area contributed by atoms with Crippen LogP contribution in [0.25, 0.3) is 0 Å². The Hall–Kier alpha value is -0.900.